The van der Waals surface area contributed by atoms with E-state index in [0.29, 0.717) is 5.38 Å². The Morgan fingerprint density at radius 1 is 1.08 bits per heavy atom. The zero-order valence-electron chi connectivity index (χ0n) is 9.06. The van der Waals surface area contributed by atoms with Crippen LogP contribution in [0.5, 0.6) is 0 Å². The fourth-order valence-corrected chi connectivity index (χ4v) is 2.92. The molecule has 1 fully saturated rings. The molecule has 0 heterocycles. The molecule has 1 rings (SSSR count). The minimum absolute atomic E-state index is 0.443. The summed E-state index contributed by atoms with van der Waals surface area (Å²) in [7, 11) is 0. The zero-order chi connectivity index (χ0) is 9.68. The van der Waals surface area contributed by atoms with Crippen LogP contribution >= 0.6 is 11.6 Å². The first-order chi connectivity index (χ1) is 6.20. The van der Waals surface area contributed by atoms with Gasteiger partial charge in [0.05, 0.1) is 0 Å². The molecule has 1 unspecified atom stereocenters. The Balaban J connectivity index is 2.30. The lowest BCUT2D eigenvalue weighted by Crippen LogP contribution is -2.16. The third-order valence-electron chi connectivity index (χ3n) is 3.11. The molecular formula is C12H23Cl. The van der Waals surface area contributed by atoms with Crippen LogP contribution in [0.25, 0.3) is 0 Å². The number of rotatable bonds is 3. The van der Waals surface area contributed by atoms with Crippen molar-refractivity contribution in [2.45, 2.75) is 64.2 Å². The molecule has 0 spiro atoms. The van der Waals surface area contributed by atoms with Crippen molar-refractivity contribution in [2.24, 2.45) is 11.8 Å². The molecule has 1 heteroatoms. The average Bonchev–Trinajstić information content (AvgIpc) is 2.29. The van der Waals surface area contributed by atoms with Gasteiger partial charge in [0.25, 0.3) is 0 Å². The molecule has 0 N–H and O–H groups in total. The van der Waals surface area contributed by atoms with Gasteiger partial charge in [-0.25, -0.2) is 0 Å². The Labute approximate surface area is 88.1 Å². The van der Waals surface area contributed by atoms with E-state index < -0.39 is 0 Å². The van der Waals surface area contributed by atoms with Crippen LogP contribution in [0.4, 0.5) is 0 Å². The first-order valence-electron chi connectivity index (χ1n) is 5.84. The predicted molar refractivity (Wildman–Crippen MR) is 60.3 cm³/mol. The maximum atomic E-state index is 6.43. The van der Waals surface area contributed by atoms with Crippen molar-refractivity contribution in [3.63, 3.8) is 0 Å². The van der Waals surface area contributed by atoms with Gasteiger partial charge in [0.15, 0.2) is 0 Å². The summed E-state index contributed by atoms with van der Waals surface area (Å²) < 4.78 is 0. The monoisotopic (exact) mass is 202 g/mol. The van der Waals surface area contributed by atoms with E-state index in [0.717, 1.165) is 11.8 Å². The second-order valence-electron chi connectivity index (χ2n) is 4.90. The summed E-state index contributed by atoms with van der Waals surface area (Å²) in [6, 6.07) is 0. The summed E-state index contributed by atoms with van der Waals surface area (Å²) in [4.78, 5) is 0. The molecule has 1 atom stereocenters. The summed E-state index contributed by atoms with van der Waals surface area (Å²) in [6.07, 6.45) is 9.63. The molecular weight excluding hydrogens is 180 g/mol. The maximum Gasteiger partial charge on any atom is 0.0366 e. The van der Waals surface area contributed by atoms with E-state index in [-0.39, 0.29) is 0 Å². The van der Waals surface area contributed by atoms with E-state index in [2.05, 4.69) is 13.8 Å². The van der Waals surface area contributed by atoms with Crippen LogP contribution in [0, 0.1) is 11.8 Å². The standard InChI is InChI=1S/C12H23Cl/c1-10(2)9-12(13)11-7-5-3-4-6-8-11/h10-12H,3-9H2,1-2H3. The molecule has 78 valence electrons. The lowest BCUT2D eigenvalue weighted by Gasteiger charge is -2.21. The van der Waals surface area contributed by atoms with Crippen LogP contribution in [-0.2, 0) is 0 Å². The van der Waals surface area contributed by atoms with Gasteiger partial charge in [0.2, 0.25) is 0 Å². The predicted octanol–water partition coefficient (Wildman–Crippen LogP) is 4.61. The lowest BCUT2D eigenvalue weighted by atomic mass is 9.91. The molecule has 0 aromatic rings. The number of halogens is 1. The minimum Gasteiger partial charge on any atom is -0.123 e. The van der Waals surface area contributed by atoms with E-state index in [1.807, 2.05) is 0 Å². The number of hydrogen-bond acceptors (Lipinski definition) is 0. The van der Waals surface area contributed by atoms with Crippen molar-refractivity contribution in [1.82, 2.24) is 0 Å². The van der Waals surface area contributed by atoms with E-state index in [4.69, 9.17) is 11.6 Å². The topological polar surface area (TPSA) is 0 Å². The van der Waals surface area contributed by atoms with Gasteiger partial charge in [0.1, 0.15) is 0 Å². The van der Waals surface area contributed by atoms with Crippen LogP contribution in [0.15, 0.2) is 0 Å². The molecule has 1 saturated carbocycles. The van der Waals surface area contributed by atoms with Gasteiger partial charge in [0, 0.05) is 5.38 Å². The highest BCUT2D eigenvalue weighted by Gasteiger charge is 2.21. The Kier molecular flexibility index (Phi) is 5.16. The quantitative estimate of drug-likeness (QED) is 0.463. The highest BCUT2D eigenvalue weighted by molar-refractivity contribution is 6.20. The highest BCUT2D eigenvalue weighted by atomic mass is 35.5. The Morgan fingerprint density at radius 2 is 1.62 bits per heavy atom. The molecule has 1 aliphatic carbocycles. The van der Waals surface area contributed by atoms with Crippen LogP contribution in [0.1, 0.15) is 58.8 Å². The van der Waals surface area contributed by atoms with Crippen molar-refractivity contribution in [1.29, 1.82) is 0 Å². The third-order valence-corrected chi connectivity index (χ3v) is 3.64. The Morgan fingerprint density at radius 3 is 2.08 bits per heavy atom. The van der Waals surface area contributed by atoms with Gasteiger partial charge < -0.3 is 0 Å². The van der Waals surface area contributed by atoms with Crippen molar-refractivity contribution < 1.29 is 0 Å². The van der Waals surface area contributed by atoms with Crippen molar-refractivity contribution in [3.8, 4) is 0 Å². The molecule has 0 radical (unpaired) electrons. The molecule has 0 nitrogen and oxygen atoms in total. The van der Waals surface area contributed by atoms with E-state index >= 15 is 0 Å². The summed E-state index contributed by atoms with van der Waals surface area (Å²) in [5.41, 5.74) is 0. The fourth-order valence-electron chi connectivity index (χ4n) is 2.32. The van der Waals surface area contributed by atoms with Crippen LogP contribution in [0.3, 0.4) is 0 Å². The Hall–Kier alpha value is 0.290. The second-order valence-corrected chi connectivity index (χ2v) is 5.46. The summed E-state index contributed by atoms with van der Waals surface area (Å²) in [5.74, 6) is 1.57. The van der Waals surface area contributed by atoms with Gasteiger partial charge in [-0.05, 0) is 31.1 Å². The number of alkyl halides is 1. The smallest absolute Gasteiger partial charge is 0.0366 e. The molecule has 0 aliphatic heterocycles. The van der Waals surface area contributed by atoms with Gasteiger partial charge >= 0.3 is 0 Å². The molecule has 0 aromatic carbocycles. The average molecular weight is 203 g/mol. The van der Waals surface area contributed by atoms with Crippen molar-refractivity contribution in [3.05, 3.63) is 0 Å². The van der Waals surface area contributed by atoms with Crippen molar-refractivity contribution in [2.75, 3.05) is 0 Å². The molecule has 0 amide bonds. The Bertz CT molecular complexity index is 123. The molecule has 13 heavy (non-hydrogen) atoms. The van der Waals surface area contributed by atoms with Crippen LogP contribution in [0.2, 0.25) is 0 Å². The first kappa shape index (κ1) is 11.4. The molecule has 1 aliphatic rings. The maximum absolute atomic E-state index is 6.43. The van der Waals surface area contributed by atoms with Crippen LogP contribution < -0.4 is 0 Å². The van der Waals surface area contributed by atoms with Gasteiger partial charge in [-0.3, -0.25) is 0 Å². The van der Waals surface area contributed by atoms with Gasteiger partial charge in [-0.15, -0.1) is 11.6 Å². The number of hydrogen-bond donors (Lipinski definition) is 0. The van der Waals surface area contributed by atoms with Gasteiger partial charge in [-0.2, -0.15) is 0 Å². The van der Waals surface area contributed by atoms with E-state index in [1.165, 1.54) is 44.9 Å². The third kappa shape index (κ3) is 4.35. The zero-order valence-corrected chi connectivity index (χ0v) is 9.82. The van der Waals surface area contributed by atoms with E-state index in [9.17, 15) is 0 Å². The lowest BCUT2D eigenvalue weighted by molar-refractivity contribution is 0.392. The summed E-state index contributed by atoms with van der Waals surface area (Å²) in [6.45, 7) is 4.54. The van der Waals surface area contributed by atoms with Crippen LogP contribution in [-0.4, -0.2) is 5.38 Å². The molecule has 0 saturated heterocycles. The van der Waals surface area contributed by atoms with E-state index in [1.54, 1.807) is 0 Å². The minimum atomic E-state index is 0.443. The molecule has 0 bridgehead atoms. The summed E-state index contributed by atoms with van der Waals surface area (Å²) >= 11 is 6.43. The first-order valence-corrected chi connectivity index (χ1v) is 6.28. The normalized spacial score (nSPS) is 23.1. The van der Waals surface area contributed by atoms with Gasteiger partial charge in [-0.1, -0.05) is 39.5 Å². The highest BCUT2D eigenvalue weighted by Crippen LogP contribution is 2.31. The largest absolute Gasteiger partial charge is 0.123 e. The molecule has 0 aromatic heterocycles. The van der Waals surface area contributed by atoms with Crippen molar-refractivity contribution >= 4 is 11.6 Å². The SMILES string of the molecule is CC(C)CC(Cl)C1CCCCCC1. The second kappa shape index (κ2) is 5.90. The summed E-state index contributed by atoms with van der Waals surface area (Å²) in [5, 5.41) is 0.443. The fraction of sp³-hybridized carbons (Fsp3) is 1.00.